The molecule has 0 heterocycles. The molecule has 1 aromatic carbocycles. The van der Waals surface area contributed by atoms with Crippen molar-refractivity contribution in [1.82, 2.24) is 0 Å². The van der Waals surface area contributed by atoms with Gasteiger partial charge in [-0.2, -0.15) is 17.6 Å². The van der Waals surface area contributed by atoms with Gasteiger partial charge in [0, 0.05) is 5.56 Å². The Labute approximate surface area is 193 Å². The van der Waals surface area contributed by atoms with Crippen LogP contribution in [0.3, 0.4) is 0 Å². The lowest BCUT2D eigenvalue weighted by Crippen LogP contribution is -2.41. The van der Waals surface area contributed by atoms with Gasteiger partial charge in [0.1, 0.15) is 0 Å². The SMILES string of the molecule is CCCC1CCC(C2CCC(CC(F)(c3ccc(OCC)c(F)c3F)C(F)(F)F)CC2)CC1. The third-order valence-corrected chi connectivity index (χ3v) is 7.94. The molecule has 2 saturated carbocycles. The average Bonchev–Trinajstić information content (AvgIpc) is 2.78. The predicted molar refractivity (Wildman–Crippen MR) is 117 cm³/mol. The van der Waals surface area contributed by atoms with Crippen molar-refractivity contribution >= 4 is 0 Å². The summed E-state index contributed by atoms with van der Waals surface area (Å²) in [6, 6.07) is 1.56. The summed E-state index contributed by atoms with van der Waals surface area (Å²) < 4.78 is 90.9. The van der Waals surface area contributed by atoms with Crippen molar-refractivity contribution in [1.29, 1.82) is 0 Å². The molecule has 1 unspecified atom stereocenters. The molecule has 33 heavy (non-hydrogen) atoms. The Kier molecular flexibility index (Phi) is 8.66. The molecule has 0 N–H and O–H groups in total. The average molecular weight is 479 g/mol. The second-order valence-electron chi connectivity index (χ2n) is 10.0. The van der Waals surface area contributed by atoms with Gasteiger partial charge in [-0.15, -0.1) is 0 Å². The van der Waals surface area contributed by atoms with Crippen LogP contribution in [0.1, 0.15) is 90.0 Å². The molecule has 1 nitrogen and oxygen atoms in total. The first-order valence-electron chi connectivity index (χ1n) is 12.5. The lowest BCUT2D eigenvalue weighted by Gasteiger charge is -2.39. The summed E-state index contributed by atoms with van der Waals surface area (Å²) in [4.78, 5) is 0. The maximum absolute atomic E-state index is 15.6. The molecule has 0 radical (unpaired) electrons. The number of alkyl halides is 4. The zero-order chi connectivity index (χ0) is 24.2. The van der Waals surface area contributed by atoms with Gasteiger partial charge in [0.05, 0.1) is 6.61 Å². The van der Waals surface area contributed by atoms with E-state index in [1.165, 1.54) is 45.4 Å². The van der Waals surface area contributed by atoms with Gasteiger partial charge in [-0.3, -0.25) is 0 Å². The molecule has 7 heteroatoms. The molecule has 1 atom stereocenters. The van der Waals surface area contributed by atoms with E-state index in [2.05, 4.69) is 6.92 Å². The van der Waals surface area contributed by atoms with Crippen molar-refractivity contribution in [3.63, 3.8) is 0 Å². The molecule has 0 saturated heterocycles. The zero-order valence-corrected chi connectivity index (χ0v) is 19.6. The van der Waals surface area contributed by atoms with Crippen molar-refractivity contribution in [2.45, 2.75) is 96.3 Å². The molecule has 0 aromatic heterocycles. The first-order chi connectivity index (χ1) is 15.6. The van der Waals surface area contributed by atoms with Crippen LogP contribution in [-0.4, -0.2) is 12.8 Å². The van der Waals surface area contributed by atoms with Crippen molar-refractivity contribution in [2.24, 2.45) is 23.7 Å². The van der Waals surface area contributed by atoms with Crippen molar-refractivity contribution < 1.29 is 31.1 Å². The Bertz CT molecular complexity index is 763. The summed E-state index contributed by atoms with van der Waals surface area (Å²) in [5.74, 6) is -2.55. The van der Waals surface area contributed by atoms with Gasteiger partial charge < -0.3 is 4.74 Å². The molecule has 3 rings (SSSR count). The normalized spacial score (nSPS) is 28.4. The smallest absolute Gasteiger partial charge is 0.426 e. The Morgan fingerprint density at radius 3 is 1.82 bits per heavy atom. The number of hydrogen-bond donors (Lipinski definition) is 0. The first kappa shape index (κ1) is 26.2. The second kappa shape index (κ2) is 10.9. The lowest BCUT2D eigenvalue weighted by atomic mass is 9.67. The molecular weight excluding hydrogens is 442 g/mol. The van der Waals surface area contributed by atoms with E-state index in [-0.39, 0.29) is 6.61 Å². The van der Waals surface area contributed by atoms with Crippen LogP contribution < -0.4 is 4.74 Å². The highest BCUT2D eigenvalue weighted by Gasteiger charge is 2.59. The molecule has 1 aromatic rings. The van der Waals surface area contributed by atoms with Gasteiger partial charge >= 0.3 is 6.18 Å². The largest absolute Gasteiger partial charge is 0.491 e. The van der Waals surface area contributed by atoms with E-state index < -0.39 is 47.1 Å². The second-order valence-corrected chi connectivity index (χ2v) is 10.0. The fourth-order valence-corrected chi connectivity index (χ4v) is 6.10. The van der Waals surface area contributed by atoms with Gasteiger partial charge in [-0.1, -0.05) is 45.4 Å². The van der Waals surface area contributed by atoms with Gasteiger partial charge in [0.15, 0.2) is 11.6 Å². The Balaban J connectivity index is 1.67. The summed E-state index contributed by atoms with van der Waals surface area (Å²) in [5, 5.41) is 0. The van der Waals surface area contributed by atoms with Crippen LogP contribution in [0.2, 0.25) is 0 Å². The highest BCUT2D eigenvalue weighted by molar-refractivity contribution is 5.35. The Morgan fingerprint density at radius 2 is 1.33 bits per heavy atom. The summed E-state index contributed by atoms with van der Waals surface area (Å²) in [7, 11) is 0. The summed E-state index contributed by atoms with van der Waals surface area (Å²) in [5.41, 5.74) is -5.22. The molecule has 0 amide bonds. The van der Waals surface area contributed by atoms with Gasteiger partial charge in [-0.05, 0) is 74.8 Å². The lowest BCUT2D eigenvalue weighted by molar-refractivity contribution is -0.243. The van der Waals surface area contributed by atoms with Crippen LogP contribution in [-0.2, 0) is 5.67 Å². The van der Waals surface area contributed by atoms with Crippen LogP contribution in [0.5, 0.6) is 5.75 Å². The fourth-order valence-electron chi connectivity index (χ4n) is 6.10. The van der Waals surface area contributed by atoms with E-state index >= 15 is 4.39 Å². The van der Waals surface area contributed by atoms with E-state index in [0.717, 1.165) is 24.8 Å². The Hall–Kier alpha value is -1.40. The van der Waals surface area contributed by atoms with E-state index in [1.54, 1.807) is 0 Å². The van der Waals surface area contributed by atoms with E-state index in [1.807, 2.05) is 0 Å². The van der Waals surface area contributed by atoms with Crippen LogP contribution in [0.15, 0.2) is 12.1 Å². The molecule has 0 bridgehead atoms. The summed E-state index contributed by atoms with van der Waals surface area (Å²) in [6.45, 7) is 3.75. The minimum atomic E-state index is -5.35. The molecule has 0 aliphatic heterocycles. The monoisotopic (exact) mass is 478 g/mol. The highest BCUT2D eigenvalue weighted by atomic mass is 19.4. The standard InChI is InChI=1S/C26H36F6O/c1-3-5-17-6-10-19(11-7-17)20-12-8-18(9-13-20)16-25(29,26(30,31)32)21-14-15-22(33-4-2)24(28)23(21)27/h14-15,17-20H,3-13,16H2,1-2H3. The summed E-state index contributed by atoms with van der Waals surface area (Å²) in [6.07, 6.45) is 3.57. The highest BCUT2D eigenvalue weighted by Crippen LogP contribution is 2.51. The van der Waals surface area contributed by atoms with Gasteiger partial charge in [-0.25, -0.2) is 8.78 Å². The maximum Gasteiger partial charge on any atom is 0.426 e. The first-order valence-corrected chi connectivity index (χ1v) is 12.5. The number of rotatable bonds is 8. The van der Waals surface area contributed by atoms with Gasteiger partial charge in [0.2, 0.25) is 11.5 Å². The predicted octanol–water partition coefficient (Wildman–Crippen LogP) is 8.89. The number of benzene rings is 1. The van der Waals surface area contributed by atoms with E-state index in [0.29, 0.717) is 30.7 Å². The molecule has 2 fully saturated rings. The zero-order valence-electron chi connectivity index (χ0n) is 19.6. The maximum atomic E-state index is 15.6. The molecular formula is C26H36F6O. The number of halogens is 6. The van der Waals surface area contributed by atoms with Crippen molar-refractivity contribution in [3.8, 4) is 5.75 Å². The summed E-state index contributed by atoms with van der Waals surface area (Å²) >= 11 is 0. The topological polar surface area (TPSA) is 9.23 Å². The minimum absolute atomic E-state index is 0.0131. The molecule has 2 aliphatic carbocycles. The van der Waals surface area contributed by atoms with Crippen LogP contribution in [0.4, 0.5) is 26.3 Å². The minimum Gasteiger partial charge on any atom is -0.491 e. The fraction of sp³-hybridized carbons (Fsp3) is 0.769. The van der Waals surface area contributed by atoms with Crippen LogP contribution in [0.25, 0.3) is 0 Å². The van der Waals surface area contributed by atoms with Crippen LogP contribution >= 0.6 is 0 Å². The van der Waals surface area contributed by atoms with E-state index in [9.17, 15) is 22.0 Å². The molecule has 0 spiro atoms. The number of ether oxygens (including phenoxy) is 1. The van der Waals surface area contributed by atoms with Gasteiger partial charge in [0.25, 0.3) is 0 Å². The third-order valence-electron chi connectivity index (χ3n) is 7.94. The van der Waals surface area contributed by atoms with Crippen LogP contribution in [0, 0.1) is 35.3 Å². The third kappa shape index (κ3) is 5.82. The molecule has 188 valence electrons. The van der Waals surface area contributed by atoms with E-state index in [4.69, 9.17) is 4.74 Å². The van der Waals surface area contributed by atoms with Crippen molar-refractivity contribution in [3.05, 3.63) is 29.3 Å². The number of hydrogen-bond acceptors (Lipinski definition) is 1. The Morgan fingerprint density at radius 1 is 0.788 bits per heavy atom. The van der Waals surface area contributed by atoms with Crippen molar-refractivity contribution in [2.75, 3.05) is 6.61 Å². The molecule has 2 aliphatic rings. The quantitative estimate of drug-likeness (QED) is 0.339.